The zero-order valence-electron chi connectivity index (χ0n) is 13.2. The van der Waals surface area contributed by atoms with Crippen LogP contribution in [-0.4, -0.2) is 18.0 Å². The van der Waals surface area contributed by atoms with Crippen LogP contribution in [-0.2, 0) is 4.79 Å². The van der Waals surface area contributed by atoms with Crippen LogP contribution in [0, 0.1) is 11.3 Å². The van der Waals surface area contributed by atoms with E-state index in [1.54, 1.807) is 0 Å². The molecule has 1 aliphatic carbocycles. The minimum atomic E-state index is -0.0291. The van der Waals surface area contributed by atoms with Gasteiger partial charge in [0, 0.05) is 18.5 Å². The first-order chi connectivity index (χ1) is 8.78. The summed E-state index contributed by atoms with van der Waals surface area (Å²) >= 11 is 0. The maximum absolute atomic E-state index is 12.0. The van der Waals surface area contributed by atoms with Crippen LogP contribution in [0.5, 0.6) is 0 Å². The minimum absolute atomic E-state index is 0.0291. The molecule has 3 N–H and O–H groups in total. The second-order valence-electron chi connectivity index (χ2n) is 7.48. The Bertz CT molecular complexity index is 277. The van der Waals surface area contributed by atoms with Gasteiger partial charge >= 0.3 is 0 Å². The summed E-state index contributed by atoms with van der Waals surface area (Å²) in [5.41, 5.74) is 6.24. The van der Waals surface area contributed by atoms with E-state index >= 15 is 0 Å². The first-order valence-electron chi connectivity index (χ1n) is 7.83. The molecule has 1 aliphatic rings. The molecule has 0 radical (unpaired) electrons. The highest BCUT2D eigenvalue weighted by molar-refractivity contribution is 5.76. The van der Waals surface area contributed by atoms with Crippen LogP contribution >= 0.6 is 0 Å². The predicted molar refractivity (Wildman–Crippen MR) is 80.8 cm³/mol. The summed E-state index contributed by atoms with van der Waals surface area (Å²) in [5.74, 6) is 0.784. The molecule has 0 heterocycles. The summed E-state index contributed by atoms with van der Waals surface area (Å²) in [6, 6.07) is 0.271. The normalized spacial score (nSPS) is 20.9. The maximum atomic E-state index is 12.0. The topological polar surface area (TPSA) is 55.1 Å². The van der Waals surface area contributed by atoms with Crippen molar-refractivity contribution in [2.75, 3.05) is 0 Å². The third kappa shape index (κ3) is 6.95. The summed E-state index contributed by atoms with van der Waals surface area (Å²) in [6.45, 7) is 8.63. The van der Waals surface area contributed by atoms with Crippen molar-refractivity contribution < 1.29 is 4.79 Å². The summed E-state index contributed by atoms with van der Waals surface area (Å²) in [4.78, 5) is 12.0. The molecule has 19 heavy (non-hydrogen) atoms. The third-order valence-electron chi connectivity index (χ3n) is 4.07. The Morgan fingerprint density at radius 1 is 1.26 bits per heavy atom. The number of nitrogens with two attached hydrogens (primary N) is 1. The van der Waals surface area contributed by atoms with Crippen LogP contribution in [0.1, 0.15) is 72.6 Å². The molecule has 2 atom stereocenters. The lowest BCUT2D eigenvalue weighted by Crippen LogP contribution is -2.41. The van der Waals surface area contributed by atoms with Crippen LogP contribution in [0.4, 0.5) is 0 Å². The van der Waals surface area contributed by atoms with Crippen LogP contribution in [0.3, 0.4) is 0 Å². The Labute approximate surface area is 118 Å². The van der Waals surface area contributed by atoms with Crippen LogP contribution in [0.2, 0.25) is 0 Å². The van der Waals surface area contributed by atoms with Crippen molar-refractivity contribution >= 4 is 5.91 Å². The van der Waals surface area contributed by atoms with E-state index in [0.717, 1.165) is 6.42 Å². The van der Waals surface area contributed by atoms with Crippen molar-refractivity contribution in [2.24, 2.45) is 17.1 Å². The van der Waals surface area contributed by atoms with E-state index in [-0.39, 0.29) is 17.4 Å². The molecular weight excluding hydrogens is 236 g/mol. The van der Waals surface area contributed by atoms with Gasteiger partial charge in [-0.25, -0.2) is 0 Å². The van der Waals surface area contributed by atoms with Gasteiger partial charge < -0.3 is 11.1 Å². The Balaban J connectivity index is 2.29. The molecule has 2 unspecified atom stereocenters. The zero-order chi connectivity index (χ0) is 14.5. The van der Waals surface area contributed by atoms with E-state index < -0.39 is 0 Å². The van der Waals surface area contributed by atoms with Gasteiger partial charge in [-0.1, -0.05) is 40.0 Å². The fraction of sp³-hybridized carbons (Fsp3) is 0.938. The molecule has 3 nitrogen and oxygen atoms in total. The van der Waals surface area contributed by atoms with Gasteiger partial charge in [-0.05, 0) is 37.5 Å². The van der Waals surface area contributed by atoms with E-state index in [9.17, 15) is 4.79 Å². The Hall–Kier alpha value is -0.570. The second kappa shape index (κ2) is 7.28. The van der Waals surface area contributed by atoms with Gasteiger partial charge in [-0.3, -0.25) is 4.79 Å². The third-order valence-corrected chi connectivity index (χ3v) is 4.07. The average molecular weight is 268 g/mol. The van der Waals surface area contributed by atoms with Crippen LogP contribution < -0.4 is 11.1 Å². The number of hydrogen-bond acceptors (Lipinski definition) is 2. The smallest absolute Gasteiger partial charge is 0.221 e. The van der Waals surface area contributed by atoms with Gasteiger partial charge in [-0.15, -0.1) is 0 Å². The van der Waals surface area contributed by atoms with E-state index in [0.29, 0.717) is 18.4 Å². The monoisotopic (exact) mass is 268 g/mol. The standard InChI is InChI=1S/C16H32N2O/c1-12(13-8-6-5-7-9-13)18-15(19)10-14(17)11-16(2,3)4/h12-14H,5-11,17H2,1-4H3,(H,18,19). The Kier molecular flexibility index (Phi) is 6.31. The lowest BCUT2D eigenvalue weighted by atomic mass is 9.84. The van der Waals surface area contributed by atoms with Crippen molar-refractivity contribution in [2.45, 2.75) is 84.7 Å². The number of hydrogen-bond donors (Lipinski definition) is 2. The largest absolute Gasteiger partial charge is 0.353 e. The van der Waals surface area contributed by atoms with Crippen molar-refractivity contribution in [1.29, 1.82) is 0 Å². The molecule has 0 aromatic rings. The summed E-state index contributed by atoms with van der Waals surface area (Å²) in [6.07, 6.45) is 7.84. The Morgan fingerprint density at radius 2 is 1.84 bits per heavy atom. The molecule has 0 bridgehead atoms. The molecule has 112 valence electrons. The van der Waals surface area contributed by atoms with Crippen LogP contribution in [0.25, 0.3) is 0 Å². The molecule has 0 aromatic heterocycles. The van der Waals surface area contributed by atoms with Crippen LogP contribution in [0.15, 0.2) is 0 Å². The summed E-state index contributed by atoms with van der Waals surface area (Å²) < 4.78 is 0. The molecule has 1 fully saturated rings. The number of carbonyl (C=O) groups is 1. The number of amides is 1. The van der Waals surface area contributed by atoms with Gasteiger partial charge in [0.2, 0.25) is 5.91 Å². The van der Waals surface area contributed by atoms with E-state index in [1.807, 2.05) is 0 Å². The van der Waals surface area contributed by atoms with Gasteiger partial charge in [0.05, 0.1) is 0 Å². The van der Waals surface area contributed by atoms with E-state index in [4.69, 9.17) is 5.73 Å². The van der Waals surface area contributed by atoms with E-state index in [2.05, 4.69) is 33.0 Å². The highest BCUT2D eigenvalue weighted by Crippen LogP contribution is 2.26. The van der Waals surface area contributed by atoms with Gasteiger partial charge in [0.1, 0.15) is 0 Å². The molecule has 1 rings (SSSR count). The first kappa shape index (κ1) is 16.5. The zero-order valence-corrected chi connectivity index (χ0v) is 13.2. The molecule has 1 amide bonds. The van der Waals surface area contributed by atoms with Crippen molar-refractivity contribution in [3.05, 3.63) is 0 Å². The lowest BCUT2D eigenvalue weighted by molar-refractivity contribution is -0.122. The molecule has 0 aromatic carbocycles. The average Bonchev–Trinajstić information content (AvgIpc) is 2.27. The fourth-order valence-corrected chi connectivity index (χ4v) is 3.16. The van der Waals surface area contributed by atoms with Gasteiger partial charge in [0.15, 0.2) is 0 Å². The van der Waals surface area contributed by atoms with Gasteiger partial charge in [-0.2, -0.15) is 0 Å². The maximum Gasteiger partial charge on any atom is 0.221 e. The first-order valence-corrected chi connectivity index (χ1v) is 7.83. The minimum Gasteiger partial charge on any atom is -0.353 e. The SMILES string of the molecule is CC(NC(=O)CC(N)CC(C)(C)C)C1CCCCC1. The summed E-state index contributed by atoms with van der Waals surface area (Å²) in [7, 11) is 0. The van der Waals surface area contributed by atoms with Gasteiger partial charge in [0.25, 0.3) is 0 Å². The van der Waals surface area contributed by atoms with E-state index in [1.165, 1.54) is 32.1 Å². The molecule has 0 spiro atoms. The van der Waals surface area contributed by atoms with Crippen molar-refractivity contribution in [3.63, 3.8) is 0 Å². The number of nitrogens with one attached hydrogen (secondary N) is 1. The molecule has 1 saturated carbocycles. The number of rotatable bonds is 5. The highest BCUT2D eigenvalue weighted by atomic mass is 16.1. The lowest BCUT2D eigenvalue weighted by Gasteiger charge is -2.29. The predicted octanol–water partition coefficient (Wildman–Crippen LogP) is 3.23. The van der Waals surface area contributed by atoms with Crippen molar-refractivity contribution in [3.8, 4) is 0 Å². The fourth-order valence-electron chi connectivity index (χ4n) is 3.16. The van der Waals surface area contributed by atoms with Crippen molar-refractivity contribution in [1.82, 2.24) is 5.32 Å². The molecule has 0 aliphatic heterocycles. The highest BCUT2D eigenvalue weighted by Gasteiger charge is 2.23. The molecular formula is C16H32N2O. The molecule has 0 saturated heterocycles. The second-order valence-corrected chi connectivity index (χ2v) is 7.48. The quantitative estimate of drug-likeness (QED) is 0.804. The molecule has 3 heteroatoms. The number of carbonyl (C=O) groups excluding carboxylic acids is 1. The summed E-state index contributed by atoms with van der Waals surface area (Å²) in [5, 5.41) is 3.15. The Morgan fingerprint density at radius 3 is 2.37 bits per heavy atom.